The van der Waals surface area contributed by atoms with E-state index in [1.807, 2.05) is 5.43 Å². The lowest BCUT2D eigenvalue weighted by Gasteiger charge is -2.10. The lowest BCUT2D eigenvalue weighted by molar-refractivity contribution is 0.355. The molecule has 0 aliphatic rings. The third kappa shape index (κ3) is 3.42. The normalized spacial score (nSPS) is 11.4. The van der Waals surface area contributed by atoms with Crippen molar-refractivity contribution in [3.8, 4) is 11.5 Å². The maximum Gasteiger partial charge on any atom is 0.186 e. The highest BCUT2D eigenvalue weighted by atomic mass is 19.2. The third-order valence-electron chi connectivity index (χ3n) is 3.25. The number of nitrogens with zero attached hydrogens (tertiary/aromatic N) is 1. The van der Waals surface area contributed by atoms with Gasteiger partial charge in [0, 0.05) is 11.6 Å². The number of anilines is 1. The Bertz CT molecular complexity index is 768. The number of benzene rings is 2. The molecule has 0 heterocycles. The summed E-state index contributed by atoms with van der Waals surface area (Å²) in [6.45, 7) is 1.54. The van der Waals surface area contributed by atoms with Gasteiger partial charge in [-0.15, -0.1) is 0 Å². The smallest absolute Gasteiger partial charge is 0.186 e. The number of nitrogens with one attached hydrogen (secondary N) is 1. The summed E-state index contributed by atoms with van der Waals surface area (Å²) in [5.74, 6) is -5.23. The van der Waals surface area contributed by atoms with Crippen molar-refractivity contribution in [3.63, 3.8) is 0 Å². The van der Waals surface area contributed by atoms with E-state index < -0.39 is 29.0 Å². The van der Waals surface area contributed by atoms with Crippen molar-refractivity contribution in [2.75, 3.05) is 19.6 Å². The van der Waals surface area contributed by atoms with Crippen LogP contribution in [0.25, 0.3) is 0 Å². The zero-order valence-corrected chi connectivity index (χ0v) is 13.1. The molecule has 0 amide bonds. The van der Waals surface area contributed by atoms with Crippen LogP contribution in [0.3, 0.4) is 0 Å². The highest BCUT2D eigenvalue weighted by Gasteiger charge is 2.19. The zero-order valence-electron chi connectivity index (χ0n) is 13.1. The number of halogens is 4. The predicted octanol–water partition coefficient (Wildman–Crippen LogP) is 4.10. The van der Waals surface area contributed by atoms with E-state index in [2.05, 4.69) is 5.10 Å². The molecule has 8 heteroatoms. The first-order chi connectivity index (χ1) is 11.4. The van der Waals surface area contributed by atoms with Crippen LogP contribution < -0.4 is 14.9 Å². The van der Waals surface area contributed by atoms with Crippen LogP contribution in [0.1, 0.15) is 12.5 Å². The Morgan fingerprint density at radius 2 is 1.50 bits per heavy atom. The highest BCUT2D eigenvalue weighted by Crippen LogP contribution is 2.28. The number of hydrazone groups is 1. The van der Waals surface area contributed by atoms with Crippen LogP contribution in [0.5, 0.6) is 11.5 Å². The van der Waals surface area contributed by atoms with Gasteiger partial charge in [0.2, 0.25) is 0 Å². The van der Waals surface area contributed by atoms with Crippen molar-refractivity contribution in [2.45, 2.75) is 6.92 Å². The van der Waals surface area contributed by atoms with Gasteiger partial charge in [0.05, 0.1) is 19.9 Å². The van der Waals surface area contributed by atoms with Gasteiger partial charge in [-0.25, -0.2) is 17.6 Å². The molecule has 128 valence electrons. The van der Waals surface area contributed by atoms with E-state index in [4.69, 9.17) is 9.47 Å². The Hall–Kier alpha value is -2.77. The minimum absolute atomic E-state index is 0.126. The van der Waals surface area contributed by atoms with Crippen LogP contribution in [0.2, 0.25) is 0 Å². The first kappa shape index (κ1) is 17.6. The summed E-state index contributed by atoms with van der Waals surface area (Å²) >= 11 is 0. The molecular weight excluding hydrogens is 328 g/mol. The molecule has 0 spiro atoms. The second-order valence-electron chi connectivity index (χ2n) is 4.72. The fourth-order valence-electron chi connectivity index (χ4n) is 1.94. The molecule has 2 rings (SSSR count). The summed E-state index contributed by atoms with van der Waals surface area (Å²) in [4.78, 5) is 0. The Kier molecular flexibility index (Phi) is 5.28. The van der Waals surface area contributed by atoms with E-state index in [-0.39, 0.29) is 6.07 Å². The van der Waals surface area contributed by atoms with Crippen molar-refractivity contribution in [1.29, 1.82) is 0 Å². The van der Waals surface area contributed by atoms with Crippen LogP contribution in [0.15, 0.2) is 29.4 Å². The molecule has 0 aliphatic carbocycles. The van der Waals surface area contributed by atoms with Crippen LogP contribution in [0, 0.1) is 23.3 Å². The molecule has 0 fully saturated rings. The molecule has 0 radical (unpaired) electrons. The molecule has 0 aliphatic heterocycles. The number of methoxy groups -OCH3 is 2. The van der Waals surface area contributed by atoms with E-state index in [0.29, 0.717) is 22.8 Å². The molecule has 0 bridgehead atoms. The minimum atomic E-state index is -1.56. The van der Waals surface area contributed by atoms with Crippen molar-refractivity contribution < 1.29 is 27.0 Å². The van der Waals surface area contributed by atoms with E-state index in [1.165, 1.54) is 14.2 Å². The average molecular weight is 342 g/mol. The summed E-state index contributed by atoms with van der Waals surface area (Å²) in [5, 5.41) is 3.76. The van der Waals surface area contributed by atoms with E-state index in [9.17, 15) is 17.6 Å². The van der Waals surface area contributed by atoms with Gasteiger partial charge in [0.25, 0.3) is 0 Å². The minimum Gasteiger partial charge on any atom is -0.493 e. The Morgan fingerprint density at radius 3 is 2.04 bits per heavy atom. The average Bonchev–Trinajstić information content (AvgIpc) is 2.59. The van der Waals surface area contributed by atoms with Crippen LogP contribution in [-0.4, -0.2) is 19.9 Å². The van der Waals surface area contributed by atoms with E-state index in [0.717, 1.165) is 0 Å². The van der Waals surface area contributed by atoms with Gasteiger partial charge in [0.1, 0.15) is 5.69 Å². The number of rotatable bonds is 5. The molecule has 0 saturated heterocycles. The van der Waals surface area contributed by atoms with Crippen molar-refractivity contribution in [1.82, 2.24) is 0 Å². The summed E-state index contributed by atoms with van der Waals surface area (Å²) in [7, 11) is 2.93. The van der Waals surface area contributed by atoms with Gasteiger partial charge in [-0.1, -0.05) is 0 Å². The molecule has 0 aromatic heterocycles. The topological polar surface area (TPSA) is 42.8 Å². The standard InChI is InChI=1S/C16H14F4N2O2/c1-8(9-4-5-12(23-2)13(6-9)24-3)21-22-16-14(19)10(17)7-11(18)15(16)20/h4-7,22H,1-3H3/b21-8+. The Morgan fingerprint density at radius 1 is 0.917 bits per heavy atom. The summed E-state index contributed by atoms with van der Waals surface area (Å²) < 4.78 is 63.7. The van der Waals surface area contributed by atoms with Crippen LogP contribution >= 0.6 is 0 Å². The van der Waals surface area contributed by atoms with Gasteiger partial charge >= 0.3 is 0 Å². The van der Waals surface area contributed by atoms with Gasteiger partial charge in [-0.2, -0.15) is 5.10 Å². The molecule has 0 saturated carbocycles. The maximum atomic E-state index is 13.6. The van der Waals surface area contributed by atoms with Crippen LogP contribution in [-0.2, 0) is 0 Å². The molecule has 0 atom stereocenters. The molecule has 2 aromatic rings. The largest absolute Gasteiger partial charge is 0.493 e. The number of hydrogen-bond donors (Lipinski definition) is 1. The summed E-state index contributed by atoms with van der Waals surface area (Å²) in [6.07, 6.45) is 0. The van der Waals surface area contributed by atoms with Crippen LogP contribution in [0.4, 0.5) is 23.2 Å². The van der Waals surface area contributed by atoms with Gasteiger partial charge < -0.3 is 9.47 Å². The maximum absolute atomic E-state index is 13.6. The first-order valence-electron chi connectivity index (χ1n) is 6.74. The lowest BCUT2D eigenvalue weighted by atomic mass is 10.1. The van der Waals surface area contributed by atoms with Crippen molar-refractivity contribution in [3.05, 3.63) is 53.1 Å². The summed E-state index contributed by atoms with van der Waals surface area (Å²) in [6, 6.07) is 4.98. The number of hydrogen-bond acceptors (Lipinski definition) is 4. The lowest BCUT2D eigenvalue weighted by Crippen LogP contribution is -2.06. The fourth-order valence-corrected chi connectivity index (χ4v) is 1.94. The fraction of sp³-hybridized carbons (Fsp3) is 0.188. The molecule has 24 heavy (non-hydrogen) atoms. The second kappa shape index (κ2) is 7.20. The SMILES string of the molecule is COc1ccc(/C(C)=N/Nc2c(F)c(F)cc(F)c2F)cc1OC. The monoisotopic (exact) mass is 342 g/mol. The molecule has 0 unspecified atom stereocenters. The molecule has 2 aromatic carbocycles. The van der Waals surface area contributed by atoms with Crippen molar-refractivity contribution >= 4 is 11.4 Å². The second-order valence-corrected chi connectivity index (χ2v) is 4.72. The Labute approximate surface area is 135 Å². The van der Waals surface area contributed by atoms with E-state index in [1.54, 1.807) is 25.1 Å². The van der Waals surface area contributed by atoms with Crippen molar-refractivity contribution in [2.24, 2.45) is 5.10 Å². The van der Waals surface area contributed by atoms with Gasteiger partial charge in [-0.05, 0) is 25.1 Å². The summed E-state index contributed by atoms with van der Waals surface area (Å²) in [5.41, 5.74) is 1.86. The highest BCUT2D eigenvalue weighted by molar-refractivity contribution is 5.99. The number of ether oxygens (including phenoxy) is 2. The zero-order chi connectivity index (χ0) is 17.9. The molecular formula is C16H14F4N2O2. The first-order valence-corrected chi connectivity index (χ1v) is 6.74. The quantitative estimate of drug-likeness (QED) is 0.385. The molecule has 4 nitrogen and oxygen atoms in total. The predicted molar refractivity (Wildman–Crippen MR) is 81.7 cm³/mol. The Balaban J connectivity index is 2.33. The molecule has 1 N–H and O–H groups in total. The van der Waals surface area contributed by atoms with Gasteiger partial charge in [-0.3, -0.25) is 5.43 Å². The third-order valence-corrected chi connectivity index (χ3v) is 3.25. The van der Waals surface area contributed by atoms with Gasteiger partial charge in [0.15, 0.2) is 34.8 Å². The van der Waals surface area contributed by atoms with E-state index >= 15 is 0 Å².